The second-order valence-electron chi connectivity index (χ2n) is 7.23. The summed E-state index contributed by atoms with van der Waals surface area (Å²) in [5.41, 5.74) is -0.432. The lowest BCUT2D eigenvalue weighted by atomic mass is 10.2. The Balaban J connectivity index is 1.99. The Labute approximate surface area is 155 Å². The zero-order chi connectivity index (χ0) is 19.8. The monoisotopic (exact) mass is 378 g/mol. The van der Waals surface area contributed by atoms with E-state index in [1.807, 2.05) is 0 Å². The first-order chi connectivity index (χ1) is 12.7. The molecule has 0 aromatic carbocycles. The smallest absolute Gasteiger partial charge is 0.425 e. The van der Waals surface area contributed by atoms with E-state index in [1.54, 1.807) is 37.6 Å². The molecule has 0 spiro atoms. The van der Waals surface area contributed by atoms with Crippen LogP contribution in [0.1, 0.15) is 39.8 Å². The second kappa shape index (κ2) is 7.12. The highest BCUT2D eigenvalue weighted by Crippen LogP contribution is 2.33. The number of hydrogen-bond acceptors (Lipinski definition) is 7. The molecule has 0 radical (unpaired) electrons. The van der Waals surface area contributed by atoms with Crippen LogP contribution < -0.4 is 4.90 Å². The first kappa shape index (κ1) is 19.1. The van der Waals surface area contributed by atoms with Crippen LogP contribution in [0, 0.1) is 0 Å². The number of amides is 2. The summed E-state index contributed by atoms with van der Waals surface area (Å²) < 4.78 is 12.7. The fraction of sp³-hybridized carbons (Fsp3) is 0.529. The van der Waals surface area contributed by atoms with Crippen LogP contribution in [0.4, 0.5) is 15.4 Å². The lowest BCUT2D eigenvalue weighted by molar-refractivity contribution is -0.0204. The number of aliphatic hydroxyl groups is 1. The van der Waals surface area contributed by atoms with E-state index in [0.717, 1.165) is 0 Å². The third-order valence-corrected chi connectivity index (χ3v) is 4.07. The van der Waals surface area contributed by atoms with E-state index in [4.69, 9.17) is 9.47 Å². The molecule has 1 aliphatic rings. The number of fused-ring (bicyclic) bond motifs is 1. The van der Waals surface area contributed by atoms with Gasteiger partial charge in [-0.05, 0) is 39.7 Å². The summed E-state index contributed by atoms with van der Waals surface area (Å²) >= 11 is 0. The lowest BCUT2D eigenvalue weighted by Crippen LogP contribution is -2.40. The van der Waals surface area contributed by atoms with Gasteiger partial charge in [0.1, 0.15) is 23.8 Å². The molecule has 1 aliphatic heterocycles. The number of carboxylic acid groups (broad SMARTS) is 1. The molecule has 2 N–H and O–H groups in total. The first-order valence-corrected chi connectivity index (χ1v) is 8.55. The molecule has 146 valence electrons. The normalized spacial score (nSPS) is 20.0. The minimum Gasteiger partial charge on any atom is -0.464 e. The Bertz CT molecular complexity index is 859. The van der Waals surface area contributed by atoms with Gasteiger partial charge < -0.3 is 24.3 Å². The number of ether oxygens (including phenoxy) is 2. The molecular weight excluding hydrogens is 356 g/mol. The average Bonchev–Trinajstić information content (AvgIpc) is 3.19. The second-order valence-corrected chi connectivity index (χ2v) is 7.23. The van der Waals surface area contributed by atoms with Crippen molar-refractivity contribution >= 4 is 29.0 Å². The van der Waals surface area contributed by atoms with E-state index in [-0.39, 0.29) is 24.8 Å². The fourth-order valence-corrected chi connectivity index (χ4v) is 2.96. The minimum atomic E-state index is -1.51. The number of imide groups is 1. The van der Waals surface area contributed by atoms with Gasteiger partial charge in [0.2, 0.25) is 0 Å². The van der Waals surface area contributed by atoms with Crippen molar-refractivity contribution in [1.82, 2.24) is 14.5 Å². The number of nitrogens with zero attached hydrogens (tertiary/aromatic N) is 4. The quantitative estimate of drug-likeness (QED) is 0.834. The Morgan fingerprint density at radius 2 is 2.11 bits per heavy atom. The zero-order valence-corrected chi connectivity index (χ0v) is 15.3. The maximum absolute atomic E-state index is 12.4. The summed E-state index contributed by atoms with van der Waals surface area (Å²) in [5, 5.41) is 19.2. The molecule has 1 fully saturated rings. The minimum absolute atomic E-state index is 0.0681. The predicted octanol–water partition coefficient (Wildman–Crippen LogP) is 2.52. The van der Waals surface area contributed by atoms with Gasteiger partial charge in [-0.25, -0.2) is 19.6 Å². The number of carbonyl (C=O) groups is 2. The van der Waals surface area contributed by atoms with E-state index in [0.29, 0.717) is 28.8 Å². The topological polar surface area (TPSA) is 127 Å². The van der Waals surface area contributed by atoms with E-state index < -0.39 is 17.8 Å². The van der Waals surface area contributed by atoms with Crippen LogP contribution in [-0.4, -0.2) is 55.2 Å². The average molecular weight is 378 g/mol. The maximum atomic E-state index is 12.4. The largest absolute Gasteiger partial charge is 0.464 e. The molecular formula is C17H22N4O6. The predicted molar refractivity (Wildman–Crippen MR) is 94.5 cm³/mol. The first-order valence-electron chi connectivity index (χ1n) is 8.55. The van der Waals surface area contributed by atoms with Crippen molar-refractivity contribution in [3.05, 3.63) is 18.6 Å². The van der Waals surface area contributed by atoms with Crippen molar-refractivity contribution in [1.29, 1.82) is 0 Å². The number of aromatic nitrogens is 3. The van der Waals surface area contributed by atoms with Gasteiger partial charge in [-0.2, -0.15) is 4.90 Å². The molecule has 2 aromatic rings. The molecule has 2 atom stereocenters. The highest BCUT2D eigenvalue weighted by atomic mass is 16.6. The van der Waals surface area contributed by atoms with Crippen molar-refractivity contribution in [3.8, 4) is 0 Å². The lowest BCUT2D eigenvalue weighted by Gasteiger charge is -2.24. The number of rotatable bonds is 3. The van der Waals surface area contributed by atoms with Gasteiger partial charge >= 0.3 is 12.2 Å². The van der Waals surface area contributed by atoms with Gasteiger partial charge in [0.25, 0.3) is 0 Å². The van der Waals surface area contributed by atoms with E-state index in [2.05, 4.69) is 9.97 Å². The standard InChI is InChI=1S/C17H22N4O6/c1-17(2,3)27-16(25)21(15(23)24)14-11-6-7-20(13(11)18-9-19-14)12-5-4-10(8-22)26-12/h6-7,9-10,12,22H,4-5,8H2,1-3H3,(H,23,24). The fourth-order valence-electron chi connectivity index (χ4n) is 2.96. The van der Waals surface area contributed by atoms with Gasteiger partial charge in [0, 0.05) is 6.20 Å². The molecule has 3 heterocycles. The van der Waals surface area contributed by atoms with E-state index in [9.17, 15) is 19.8 Å². The molecule has 27 heavy (non-hydrogen) atoms. The molecule has 0 saturated carbocycles. The van der Waals surface area contributed by atoms with Crippen LogP contribution in [0.25, 0.3) is 11.0 Å². The number of carbonyl (C=O) groups excluding carboxylic acids is 1. The summed E-state index contributed by atoms with van der Waals surface area (Å²) in [4.78, 5) is 32.8. The summed E-state index contributed by atoms with van der Waals surface area (Å²) in [7, 11) is 0. The molecule has 10 heteroatoms. The van der Waals surface area contributed by atoms with Crippen molar-refractivity contribution in [2.75, 3.05) is 11.5 Å². The summed E-state index contributed by atoms with van der Waals surface area (Å²) in [6.07, 6.45) is 1.15. The Morgan fingerprint density at radius 1 is 1.37 bits per heavy atom. The van der Waals surface area contributed by atoms with Crippen LogP contribution >= 0.6 is 0 Å². The Hall–Kier alpha value is -2.72. The van der Waals surface area contributed by atoms with Gasteiger partial charge in [-0.1, -0.05) is 0 Å². The highest BCUT2D eigenvalue weighted by molar-refractivity contribution is 6.12. The van der Waals surface area contributed by atoms with Gasteiger partial charge in [-0.15, -0.1) is 0 Å². The maximum Gasteiger partial charge on any atom is 0.425 e. The molecule has 0 aliphatic carbocycles. The summed E-state index contributed by atoms with van der Waals surface area (Å²) in [5.74, 6) is -0.0859. The van der Waals surface area contributed by atoms with Crippen molar-refractivity contribution in [2.45, 2.75) is 51.5 Å². The summed E-state index contributed by atoms with van der Waals surface area (Å²) in [6, 6.07) is 1.63. The molecule has 3 rings (SSSR count). The molecule has 10 nitrogen and oxygen atoms in total. The van der Waals surface area contributed by atoms with Crippen LogP contribution in [0.2, 0.25) is 0 Å². The van der Waals surface area contributed by atoms with Crippen molar-refractivity contribution < 1.29 is 29.3 Å². The Kier molecular flexibility index (Phi) is 5.03. The van der Waals surface area contributed by atoms with Crippen molar-refractivity contribution in [3.63, 3.8) is 0 Å². The van der Waals surface area contributed by atoms with Crippen molar-refractivity contribution in [2.24, 2.45) is 0 Å². The third-order valence-electron chi connectivity index (χ3n) is 4.07. The highest BCUT2D eigenvalue weighted by Gasteiger charge is 2.33. The molecule has 1 saturated heterocycles. The molecule has 2 unspecified atom stereocenters. The van der Waals surface area contributed by atoms with Gasteiger partial charge in [0.15, 0.2) is 5.82 Å². The van der Waals surface area contributed by atoms with Crippen LogP contribution in [0.3, 0.4) is 0 Å². The number of anilines is 1. The molecule has 0 bridgehead atoms. The molecule has 2 aromatic heterocycles. The Morgan fingerprint density at radius 3 is 2.70 bits per heavy atom. The van der Waals surface area contributed by atoms with Gasteiger partial charge in [0.05, 0.1) is 18.1 Å². The number of hydrogen-bond donors (Lipinski definition) is 2. The molecule has 2 amide bonds. The van der Waals surface area contributed by atoms with Crippen LogP contribution in [-0.2, 0) is 9.47 Å². The number of aliphatic hydroxyl groups excluding tert-OH is 1. The zero-order valence-electron chi connectivity index (χ0n) is 15.3. The third kappa shape index (κ3) is 3.86. The van der Waals surface area contributed by atoms with Crippen LogP contribution in [0.5, 0.6) is 0 Å². The van der Waals surface area contributed by atoms with E-state index in [1.165, 1.54) is 6.33 Å². The van der Waals surface area contributed by atoms with E-state index >= 15 is 0 Å². The van der Waals surface area contributed by atoms with Gasteiger partial charge in [-0.3, -0.25) is 0 Å². The van der Waals surface area contributed by atoms with Crippen LogP contribution in [0.15, 0.2) is 18.6 Å². The summed E-state index contributed by atoms with van der Waals surface area (Å²) in [6.45, 7) is 4.87. The SMILES string of the molecule is CC(C)(C)OC(=O)N(C(=O)O)c1ncnc2c1ccn2C1CCC(CO)O1.